The summed E-state index contributed by atoms with van der Waals surface area (Å²) in [5, 5.41) is 0. The van der Waals surface area contributed by atoms with E-state index < -0.39 is 5.54 Å². The molecule has 0 atom stereocenters. The molecule has 0 bridgehead atoms. The van der Waals surface area contributed by atoms with Crippen LogP contribution in [0.15, 0.2) is 18.2 Å². The van der Waals surface area contributed by atoms with Gasteiger partial charge in [0.15, 0.2) is 0 Å². The van der Waals surface area contributed by atoms with Crippen LogP contribution in [-0.2, 0) is 10.3 Å². The predicted octanol–water partition coefficient (Wildman–Crippen LogP) is 0.523. The van der Waals surface area contributed by atoms with E-state index in [1.807, 2.05) is 0 Å². The van der Waals surface area contributed by atoms with Crippen molar-refractivity contribution in [1.82, 2.24) is 5.43 Å². The van der Waals surface area contributed by atoms with Gasteiger partial charge in [-0.05, 0) is 18.2 Å². The third kappa shape index (κ3) is 1.58. The van der Waals surface area contributed by atoms with Crippen molar-refractivity contribution in [3.63, 3.8) is 0 Å². The molecule has 3 N–H and O–H groups in total. The molecule has 1 aromatic rings. The fourth-order valence-electron chi connectivity index (χ4n) is 1.68. The fraction of sp³-hybridized carbons (Fsp3) is 0.400. The second-order valence-electron chi connectivity index (χ2n) is 3.56. The highest BCUT2D eigenvalue weighted by atomic mass is 19.1. The van der Waals surface area contributed by atoms with Crippen molar-refractivity contribution >= 4 is 0 Å². The molecule has 5 heteroatoms. The van der Waals surface area contributed by atoms with Crippen molar-refractivity contribution in [3.8, 4) is 5.75 Å². The molecule has 0 radical (unpaired) electrons. The smallest absolute Gasteiger partial charge is 0.124 e. The van der Waals surface area contributed by atoms with Crippen LogP contribution in [0.2, 0.25) is 0 Å². The van der Waals surface area contributed by atoms with Gasteiger partial charge < -0.3 is 9.47 Å². The molecule has 0 spiro atoms. The molecule has 1 aliphatic rings. The Morgan fingerprint density at radius 3 is 2.73 bits per heavy atom. The molecule has 82 valence electrons. The van der Waals surface area contributed by atoms with E-state index in [1.165, 1.54) is 12.1 Å². The van der Waals surface area contributed by atoms with Crippen LogP contribution in [0.25, 0.3) is 0 Å². The molecular weight excluding hydrogens is 199 g/mol. The number of methoxy groups -OCH3 is 1. The van der Waals surface area contributed by atoms with E-state index >= 15 is 0 Å². The number of hydrogen-bond donors (Lipinski definition) is 2. The summed E-state index contributed by atoms with van der Waals surface area (Å²) in [6, 6.07) is 4.36. The van der Waals surface area contributed by atoms with Gasteiger partial charge in [0, 0.05) is 5.56 Å². The van der Waals surface area contributed by atoms with Gasteiger partial charge in [-0.3, -0.25) is 5.84 Å². The fourth-order valence-corrected chi connectivity index (χ4v) is 1.68. The number of nitrogens with one attached hydrogen (secondary N) is 1. The van der Waals surface area contributed by atoms with E-state index in [0.717, 1.165) is 0 Å². The summed E-state index contributed by atoms with van der Waals surface area (Å²) in [6.45, 7) is 0.840. The molecule has 0 saturated carbocycles. The highest BCUT2D eigenvalue weighted by molar-refractivity contribution is 5.41. The quantitative estimate of drug-likeness (QED) is 0.566. The molecule has 2 rings (SSSR count). The monoisotopic (exact) mass is 212 g/mol. The molecular formula is C10H13FN2O2. The van der Waals surface area contributed by atoms with Crippen LogP contribution in [-0.4, -0.2) is 20.3 Å². The summed E-state index contributed by atoms with van der Waals surface area (Å²) in [6.07, 6.45) is 0. The Kier molecular flexibility index (Phi) is 2.60. The van der Waals surface area contributed by atoms with Crippen LogP contribution in [0.3, 0.4) is 0 Å². The van der Waals surface area contributed by atoms with Gasteiger partial charge in [0.1, 0.15) is 17.1 Å². The normalized spacial score (nSPS) is 18.3. The lowest BCUT2D eigenvalue weighted by atomic mass is 9.88. The molecule has 0 aliphatic carbocycles. The maximum atomic E-state index is 13.1. The van der Waals surface area contributed by atoms with Gasteiger partial charge in [0.05, 0.1) is 20.3 Å². The minimum absolute atomic E-state index is 0.313. The number of rotatable bonds is 3. The first-order valence-electron chi connectivity index (χ1n) is 4.61. The zero-order chi connectivity index (χ0) is 10.9. The second kappa shape index (κ2) is 3.77. The highest BCUT2D eigenvalue weighted by Crippen LogP contribution is 2.35. The number of ether oxygens (including phenoxy) is 2. The Labute approximate surface area is 87.1 Å². The summed E-state index contributed by atoms with van der Waals surface area (Å²) < 4.78 is 23.4. The standard InChI is InChI=1S/C10H13FN2O2/c1-14-9-3-2-7(11)4-8(9)10(13-12)5-15-6-10/h2-4,13H,5-6,12H2,1H3. The Morgan fingerprint density at radius 2 is 2.27 bits per heavy atom. The van der Waals surface area contributed by atoms with E-state index in [0.29, 0.717) is 24.5 Å². The molecule has 15 heavy (non-hydrogen) atoms. The molecule has 1 saturated heterocycles. The molecule has 1 heterocycles. The van der Waals surface area contributed by atoms with Gasteiger partial charge in [0.2, 0.25) is 0 Å². The van der Waals surface area contributed by atoms with Crippen molar-refractivity contribution in [2.45, 2.75) is 5.54 Å². The molecule has 0 aromatic heterocycles. The molecule has 1 aromatic carbocycles. The summed E-state index contributed by atoms with van der Waals surface area (Å²) in [5.41, 5.74) is 2.83. The third-order valence-corrected chi connectivity index (χ3v) is 2.65. The summed E-state index contributed by atoms with van der Waals surface area (Å²) >= 11 is 0. The molecule has 4 nitrogen and oxygen atoms in total. The van der Waals surface area contributed by atoms with Crippen molar-refractivity contribution in [2.75, 3.05) is 20.3 Å². The second-order valence-corrected chi connectivity index (χ2v) is 3.56. The third-order valence-electron chi connectivity index (χ3n) is 2.65. The number of hydrazine groups is 1. The Bertz CT molecular complexity index is 361. The number of nitrogens with two attached hydrogens (primary N) is 1. The SMILES string of the molecule is COc1ccc(F)cc1C1(NN)COC1. The zero-order valence-electron chi connectivity index (χ0n) is 8.42. The van der Waals surface area contributed by atoms with Crippen LogP contribution < -0.4 is 16.0 Å². The highest BCUT2D eigenvalue weighted by Gasteiger charge is 2.41. The number of hydrogen-bond acceptors (Lipinski definition) is 4. The average molecular weight is 212 g/mol. The Morgan fingerprint density at radius 1 is 1.53 bits per heavy atom. The lowest BCUT2D eigenvalue weighted by molar-refractivity contribution is -0.0796. The van der Waals surface area contributed by atoms with Crippen LogP contribution >= 0.6 is 0 Å². The van der Waals surface area contributed by atoms with Gasteiger partial charge in [-0.25, -0.2) is 9.82 Å². The Hall–Kier alpha value is -1.17. The minimum atomic E-state index is -0.520. The molecule has 0 unspecified atom stereocenters. The Balaban J connectivity index is 2.44. The summed E-state index contributed by atoms with van der Waals surface area (Å²) in [7, 11) is 1.54. The molecule has 1 fully saturated rings. The van der Waals surface area contributed by atoms with Gasteiger partial charge in [0.25, 0.3) is 0 Å². The zero-order valence-corrected chi connectivity index (χ0v) is 8.42. The minimum Gasteiger partial charge on any atom is -0.496 e. The van der Waals surface area contributed by atoms with Crippen molar-refractivity contribution in [2.24, 2.45) is 5.84 Å². The van der Waals surface area contributed by atoms with Crippen molar-refractivity contribution in [3.05, 3.63) is 29.6 Å². The first-order valence-corrected chi connectivity index (χ1v) is 4.61. The van der Waals surface area contributed by atoms with Crippen molar-refractivity contribution in [1.29, 1.82) is 0 Å². The maximum Gasteiger partial charge on any atom is 0.124 e. The molecule has 1 aliphatic heterocycles. The van der Waals surface area contributed by atoms with E-state index in [1.54, 1.807) is 13.2 Å². The summed E-state index contributed by atoms with van der Waals surface area (Å²) in [4.78, 5) is 0. The lowest BCUT2D eigenvalue weighted by Crippen LogP contribution is -2.60. The first kappa shape index (κ1) is 10.4. The number of halogens is 1. The maximum absolute atomic E-state index is 13.1. The van der Waals surface area contributed by atoms with Gasteiger partial charge in [-0.1, -0.05) is 0 Å². The predicted molar refractivity (Wildman–Crippen MR) is 52.8 cm³/mol. The van der Waals surface area contributed by atoms with Crippen LogP contribution in [0.1, 0.15) is 5.56 Å². The van der Waals surface area contributed by atoms with E-state index in [4.69, 9.17) is 15.3 Å². The van der Waals surface area contributed by atoms with Gasteiger partial charge in [-0.2, -0.15) is 0 Å². The van der Waals surface area contributed by atoms with E-state index in [2.05, 4.69) is 5.43 Å². The van der Waals surface area contributed by atoms with Crippen LogP contribution in [0.4, 0.5) is 4.39 Å². The van der Waals surface area contributed by atoms with Crippen LogP contribution in [0.5, 0.6) is 5.75 Å². The van der Waals surface area contributed by atoms with E-state index in [-0.39, 0.29) is 5.82 Å². The topological polar surface area (TPSA) is 56.5 Å². The van der Waals surface area contributed by atoms with E-state index in [9.17, 15) is 4.39 Å². The van der Waals surface area contributed by atoms with Gasteiger partial charge >= 0.3 is 0 Å². The van der Waals surface area contributed by atoms with Crippen LogP contribution in [0, 0.1) is 5.82 Å². The largest absolute Gasteiger partial charge is 0.496 e. The lowest BCUT2D eigenvalue weighted by Gasteiger charge is -2.41. The molecule has 0 amide bonds. The van der Waals surface area contributed by atoms with Crippen molar-refractivity contribution < 1.29 is 13.9 Å². The average Bonchev–Trinajstić information content (AvgIpc) is 2.17. The van der Waals surface area contributed by atoms with Gasteiger partial charge in [-0.15, -0.1) is 0 Å². The first-order chi connectivity index (χ1) is 7.22. The summed E-state index contributed by atoms with van der Waals surface area (Å²) in [5.74, 6) is 5.76. The number of benzene rings is 1.